The van der Waals surface area contributed by atoms with Crippen LogP contribution in [0.25, 0.3) is 0 Å². The molecule has 38 heavy (non-hydrogen) atoms. The summed E-state index contributed by atoms with van der Waals surface area (Å²) in [6, 6.07) is 8.10. The van der Waals surface area contributed by atoms with Gasteiger partial charge in [-0.2, -0.15) is 0 Å². The van der Waals surface area contributed by atoms with Crippen molar-refractivity contribution in [3.05, 3.63) is 57.6 Å². The van der Waals surface area contributed by atoms with Crippen molar-refractivity contribution in [1.82, 2.24) is 9.80 Å². The summed E-state index contributed by atoms with van der Waals surface area (Å²) in [4.78, 5) is 28.0. The van der Waals surface area contributed by atoms with Gasteiger partial charge in [-0.3, -0.25) is 19.4 Å². The maximum absolute atomic E-state index is 11.7. The maximum Gasteiger partial charge on any atom is 0.153 e. The summed E-state index contributed by atoms with van der Waals surface area (Å²) in [7, 11) is 4.17. The smallest absolute Gasteiger partial charge is 0.153 e. The van der Waals surface area contributed by atoms with Gasteiger partial charge in [0.15, 0.2) is 12.6 Å². The van der Waals surface area contributed by atoms with Crippen LogP contribution >= 0.6 is 0 Å². The van der Waals surface area contributed by atoms with E-state index in [-0.39, 0.29) is 34.4 Å². The normalized spacial score (nSPS) is 18.7. The van der Waals surface area contributed by atoms with Gasteiger partial charge >= 0.3 is 0 Å². The number of phenolic OH excluding ortho intramolecular Hbond substituents is 2. The van der Waals surface area contributed by atoms with Gasteiger partial charge in [-0.05, 0) is 61.0 Å². The molecule has 2 N–H and O–H groups in total. The van der Waals surface area contributed by atoms with E-state index in [2.05, 4.69) is 65.4 Å². The SMILES string of the molecule is CN(Cc1cc(C(C)(C)C)cc(C=O)c1O)C1CCCCC1N(C)Cc1cc(C(C)(C)C)cc(C=O)c1O. The zero-order chi connectivity index (χ0) is 28.4. The van der Waals surface area contributed by atoms with E-state index < -0.39 is 0 Å². The van der Waals surface area contributed by atoms with E-state index in [1.165, 1.54) is 0 Å². The number of carbonyl (C=O) groups excluding carboxylic acids is 2. The molecule has 0 radical (unpaired) electrons. The van der Waals surface area contributed by atoms with E-state index in [0.717, 1.165) is 60.5 Å². The minimum Gasteiger partial charge on any atom is -0.507 e. The van der Waals surface area contributed by atoms with Crippen LogP contribution in [0.2, 0.25) is 0 Å². The second kappa shape index (κ2) is 11.6. The predicted octanol–water partition coefficient (Wildman–Crippen LogP) is 6.19. The highest BCUT2D eigenvalue weighted by molar-refractivity contribution is 5.81. The van der Waals surface area contributed by atoms with Gasteiger partial charge in [-0.25, -0.2) is 0 Å². The van der Waals surface area contributed by atoms with Gasteiger partial charge in [0.2, 0.25) is 0 Å². The van der Waals surface area contributed by atoms with Gasteiger partial charge < -0.3 is 10.2 Å². The molecular formula is C32H46N2O4. The Morgan fingerprint density at radius 2 is 1.05 bits per heavy atom. The van der Waals surface area contributed by atoms with Crippen molar-refractivity contribution in [2.45, 2.75) is 103 Å². The first-order chi connectivity index (χ1) is 17.7. The molecule has 2 atom stereocenters. The first-order valence-electron chi connectivity index (χ1n) is 13.7. The molecule has 1 aliphatic rings. The summed E-state index contributed by atoms with van der Waals surface area (Å²) in [5.41, 5.74) is 3.96. The second-order valence-corrected chi connectivity index (χ2v) is 13.1. The molecule has 2 aromatic rings. The zero-order valence-corrected chi connectivity index (χ0v) is 24.5. The molecule has 0 heterocycles. The van der Waals surface area contributed by atoms with Crippen molar-refractivity contribution in [3.63, 3.8) is 0 Å². The van der Waals surface area contributed by atoms with Gasteiger partial charge in [0.05, 0.1) is 11.1 Å². The minimum atomic E-state index is -0.143. The van der Waals surface area contributed by atoms with Crippen LogP contribution in [0.3, 0.4) is 0 Å². The lowest BCUT2D eigenvalue weighted by Gasteiger charge is -2.43. The molecule has 0 spiro atoms. The van der Waals surface area contributed by atoms with Crippen molar-refractivity contribution in [2.24, 2.45) is 0 Å². The molecule has 1 saturated carbocycles. The Bertz CT molecular complexity index is 1070. The second-order valence-electron chi connectivity index (χ2n) is 13.1. The van der Waals surface area contributed by atoms with Crippen molar-refractivity contribution in [1.29, 1.82) is 0 Å². The molecule has 6 nitrogen and oxygen atoms in total. The van der Waals surface area contributed by atoms with Crippen LogP contribution < -0.4 is 0 Å². The van der Waals surface area contributed by atoms with Gasteiger partial charge in [0, 0.05) is 36.3 Å². The molecular weight excluding hydrogens is 476 g/mol. The van der Waals surface area contributed by atoms with Gasteiger partial charge in [-0.1, -0.05) is 66.5 Å². The van der Waals surface area contributed by atoms with Gasteiger partial charge in [0.25, 0.3) is 0 Å². The molecule has 0 aliphatic heterocycles. The monoisotopic (exact) mass is 522 g/mol. The molecule has 0 amide bonds. The zero-order valence-electron chi connectivity index (χ0n) is 24.5. The quantitative estimate of drug-likeness (QED) is 0.402. The molecule has 1 fully saturated rings. The molecule has 3 rings (SSSR count). The van der Waals surface area contributed by atoms with Crippen LogP contribution in [0.4, 0.5) is 0 Å². The number of nitrogens with zero attached hydrogens (tertiary/aromatic N) is 2. The third-order valence-corrected chi connectivity index (χ3v) is 8.09. The number of likely N-dealkylation sites (N-methyl/N-ethyl adjacent to an activating group) is 2. The first-order valence-corrected chi connectivity index (χ1v) is 13.7. The minimum absolute atomic E-state index is 0.0610. The summed E-state index contributed by atoms with van der Waals surface area (Å²) in [6.07, 6.45) is 5.78. The summed E-state index contributed by atoms with van der Waals surface area (Å²) < 4.78 is 0. The topological polar surface area (TPSA) is 81.1 Å². The third kappa shape index (κ3) is 6.65. The molecule has 6 heteroatoms. The van der Waals surface area contributed by atoms with Gasteiger partial charge in [-0.15, -0.1) is 0 Å². The Morgan fingerprint density at radius 3 is 1.34 bits per heavy atom. The van der Waals surface area contributed by atoms with Crippen molar-refractivity contribution in [3.8, 4) is 11.5 Å². The fourth-order valence-corrected chi connectivity index (χ4v) is 5.62. The molecule has 0 bridgehead atoms. The Kier molecular flexibility index (Phi) is 9.10. The summed E-state index contributed by atoms with van der Waals surface area (Å²) in [5, 5.41) is 21.7. The van der Waals surface area contributed by atoms with Crippen molar-refractivity contribution in [2.75, 3.05) is 14.1 Å². The van der Waals surface area contributed by atoms with Crippen LogP contribution in [-0.2, 0) is 23.9 Å². The number of hydrogen-bond donors (Lipinski definition) is 2. The number of aldehydes is 2. The first kappa shape index (κ1) is 29.9. The molecule has 0 saturated heterocycles. The Labute approximate surface area is 228 Å². The van der Waals surface area contributed by atoms with E-state index in [1.54, 1.807) is 12.1 Å². The predicted molar refractivity (Wildman–Crippen MR) is 153 cm³/mol. The maximum atomic E-state index is 11.7. The Hall–Kier alpha value is -2.70. The van der Waals surface area contributed by atoms with Crippen LogP contribution in [0, 0.1) is 0 Å². The van der Waals surface area contributed by atoms with Crippen molar-refractivity contribution >= 4 is 12.6 Å². The average Bonchev–Trinajstić information content (AvgIpc) is 2.84. The number of phenols is 2. The van der Waals surface area contributed by atoms with Crippen LogP contribution in [0.1, 0.15) is 110 Å². The third-order valence-electron chi connectivity index (χ3n) is 8.09. The standard InChI is InChI=1S/C32H46N2O4/c1-31(2,3)25-13-21(29(37)23(15-25)19-35)17-33(7)27-11-9-10-12-28(27)34(8)18-22-14-26(32(4,5)6)16-24(20-36)30(22)38/h13-16,19-20,27-28,37-38H,9-12,17-18H2,1-8H3. The number of rotatable bonds is 8. The highest BCUT2D eigenvalue weighted by atomic mass is 16.3. The molecule has 1 aliphatic carbocycles. The lowest BCUT2D eigenvalue weighted by molar-refractivity contribution is 0.0684. The van der Waals surface area contributed by atoms with Gasteiger partial charge in [0.1, 0.15) is 11.5 Å². The number of hydrogen-bond acceptors (Lipinski definition) is 6. The van der Waals surface area contributed by atoms with E-state index >= 15 is 0 Å². The highest BCUT2D eigenvalue weighted by Crippen LogP contribution is 2.35. The molecule has 2 unspecified atom stereocenters. The number of benzene rings is 2. The molecule has 208 valence electrons. The lowest BCUT2D eigenvalue weighted by atomic mass is 9.84. The summed E-state index contributed by atoms with van der Waals surface area (Å²) in [6.45, 7) is 13.7. The van der Waals surface area contributed by atoms with E-state index in [0.29, 0.717) is 24.2 Å². The van der Waals surface area contributed by atoms with E-state index in [9.17, 15) is 19.8 Å². The fraction of sp³-hybridized carbons (Fsp3) is 0.562. The largest absolute Gasteiger partial charge is 0.507 e. The van der Waals surface area contributed by atoms with Crippen molar-refractivity contribution < 1.29 is 19.8 Å². The number of carbonyl (C=O) groups is 2. The average molecular weight is 523 g/mol. The Balaban J connectivity index is 1.88. The van der Waals surface area contributed by atoms with Crippen LogP contribution in [0.15, 0.2) is 24.3 Å². The van der Waals surface area contributed by atoms with E-state index in [1.807, 2.05) is 12.1 Å². The highest BCUT2D eigenvalue weighted by Gasteiger charge is 2.32. The molecule has 0 aromatic heterocycles. The lowest BCUT2D eigenvalue weighted by Crippen LogP contribution is -2.50. The molecule has 2 aromatic carbocycles. The van der Waals surface area contributed by atoms with Crippen LogP contribution in [0.5, 0.6) is 11.5 Å². The van der Waals surface area contributed by atoms with E-state index in [4.69, 9.17) is 0 Å². The number of aromatic hydroxyl groups is 2. The Morgan fingerprint density at radius 1 is 0.711 bits per heavy atom. The fourth-order valence-electron chi connectivity index (χ4n) is 5.62. The summed E-state index contributed by atoms with van der Waals surface area (Å²) >= 11 is 0. The summed E-state index contributed by atoms with van der Waals surface area (Å²) in [5.74, 6) is 0.122. The van der Waals surface area contributed by atoms with Crippen LogP contribution in [-0.4, -0.2) is 58.8 Å².